The quantitative estimate of drug-likeness (QED) is 0.501. The molecule has 0 atom stereocenters. The van der Waals surface area contributed by atoms with E-state index in [4.69, 9.17) is 16.1 Å². The summed E-state index contributed by atoms with van der Waals surface area (Å²) >= 11 is 7.41. The highest BCUT2D eigenvalue weighted by Crippen LogP contribution is 2.27. The molecule has 0 unspecified atom stereocenters. The van der Waals surface area contributed by atoms with E-state index in [9.17, 15) is 4.79 Å². The molecule has 2 heterocycles. The third kappa shape index (κ3) is 2.56. The maximum Gasteiger partial charge on any atom is 0.199 e. The van der Waals surface area contributed by atoms with E-state index in [1.807, 2.05) is 41.8 Å². The molecule has 0 aliphatic rings. The lowest BCUT2D eigenvalue weighted by atomic mass is 10.1. The monoisotopic (exact) mass is 339 g/mol. The van der Waals surface area contributed by atoms with E-state index in [1.54, 1.807) is 18.2 Å². The zero-order valence-electron chi connectivity index (χ0n) is 11.8. The van der Waals surface area contributed by atoms with Crippen molar-refractivity contribution >= 4 is 33.0 Å². The zero-order valence-corrected chi connectivity index (χ0v) is 13.4. The molecule has 0 fully saturated rings. The lowest BCUT2D eigenvalue weighted by Crippen LogP contribution is -2.02. The molecule has 0 aliphatic carbocycles. The highest BCUT2D eigenvalue weighted by atomic mass is 35.5. The molecule has 0 saturated carbocycles. The molecule has 0 amide bonds. The Kier molecular flexibility index (Phi) is 3.48. The topological polar surface area (TPSA) is 43.1 Å². The fourth-order valence-electron chi connectivity index (χ4n) is 2.41. The summed E-state index contributed by atoms with van der Waals surface area (Å²) < 4.78 is 6.35. The average molecular weight is 340 g/mol. The van der Waals surface area contributed by atoms with Crippen LogP contribution in [-0.4, -0.2) is 5.16 Å². The second kappa shape index (κ2) is 5.65. The number of hydrogen-bond acceptors (Lipinski definition) is 4. The van der Waals surface area contributed by atoms with Gasteiger partial charge < -0.3 is 4.52 Å². The molecule has 5 heteroatoms. The molecule has 0 radical (unpaired) electrons. The second-order valence-corrected chi connectivity index (χ2v) is 6.41. The van der Waals surface area contributed by atoms with Gasteiger partial charge in [-0.25, -0.2) is 0 Å². The second-order valence-electron chi connectivity index (χ2n) is 5.06. The summed E-state index contributed by atoms with van der Waals surface area (Å²) in [5, 5.41) is 7.23. The summed E-state index contributed by atoms with van der Waals surface area (Å²) in [5.41, 5.74) is 2.05. The summed E-state index contributed by atoms with van der Waals surface area (Å²) in [6.07, 6.45) is 0. The predicted molar refractivity (Wildman–Crippen MR) is 94.0 cm³/mol. The largest absolute Gasteiger partial charge is 0.355 e. The van der Waals surface area contributed by atoms with E-state index in [0.717, 1.165) is 10.3 Å². The van der Waals surface area contributed by atoms with Crippen LogP contribution < -0.4 is 5.43 Å². The first kappa shape index (κ1) is 14.2. The molecule has 0 N–H and O–H groups in total. The van der Waals surface area contributed by atoms with Crippen LogP contribution in [0.15, 0.2) is 69.3 Å². The van der Waals surface area contributed by atoms with Crippen molar-refractivity contribution in [2.24, 2.45) is 0 Å². The Bertz CT molecular complexity index is 1050. The molecule has 0 spiro atoms. The van der Waals surface area contributed by atoms with Crippen LogP contribution in [0.25, 0.3) is 32.7 Å². The Morgan fingerprint density at radius 2 is 1.83 bits per heavy atom. The van der Waals surface area contributed by atoms with E-state index in [0.29, 0.717) is 27.4 Å². The average Bonchev–Trinajstić information content (AvgIpc) is 3.06. The molecule has 4 rings (SSSR count). The van der Waals surface area contributed by atoms with Crippen LogP contribution in [0, 0.1) is 0 Å². The molecule has 0 aliphatic heterocycles. The fraction of sp³-hybridized carbons (Fsp3) is 0. The van der Waals surface area contributed by atoms with Crippen LogP contribution in [0.1, 0.15) is 0 Å². The number of benzene rings is 2. The van der Waals surface area contributed by atoms with Crippen molar-refractivity contribution < 1.29 is 4.52 Å². The normalized spacial score (nSPS) is 11.0. The first-order valence-electron chi connectivity index (χ1n) is 6.96. The van der Waals surface area contributed by atoms with Crippen molar-refractivity contribution in [3.63, 3.8) is 0 Å². The summed E-state index contributed by atoms with van der Waals surface area (Å²) in [7, 11) is 0. The fourth-order valence-corrected chi connectivity index (χ4v) is 3.45. The molecule has 2 aromatic heterocycles. The number of nitrogens with zero attached hydrogens (tertiary/aromatic N) is 1. The third-order valence-electron chi connectivity index (χ3n) is 3.60. The van der Waals surface area contributed by atoms with Gasteiger partial charge in [0.2, 0.25) is 0 Å². The van der Waals surface area contributed by atoms with E-state index in [1.165, 1.54) is 11.3 Å². The van der Waals surface area contributed by atoms with Gasteiger partial charge in [-0.05, 0) is 24.3 Å². The summed E-state index contributed by atoms with van der Waals surface area (Å²) in [5.74, 6) is 0.474. The van der Waals surface area contributed by atoms with Crippen molar-refractivity contribution in [1.82, 2.24) is 5.16 Å². The Labute approximate surface area is 140 Å². The first-order chi connectivity index (χ1) is 11.2. The van der Waals surface area contributed by atoms with Crippen molar-refractivity contribution in [2.45, 2.75) is 0 Å². The summed E-state index contributed by atoms with van der Waals surface area (Å²) in [6.45, 7) is 0. The van der Waals surface area contributed by atoms with Gasteiger partial charge in [0.15, 0.2) is 11.2 Å². The number of fused-ring (bicyclic) bond motifs is 1. The van der Waals surface area contributed by atoms with Gasteiger partial charge in [-0.15, -0.1) is 11.3 Å². The minimum Gasteiger partial charge on any atom is -0.355 e. The predicted octanol–water partition coefficient (Wildman–Crippen LogP) is 5.24. The number of rotatable bonds is 2. The van der Waals surface area contributed by atoms with E-state index < -0.39 is 0 Å². The van der Waals surface area contributed by atoms with Crippen molar-refractivity contribution in [3.05, 3.63) is 75.2 Å². The molecule has 3 nitrogen and oxygen atoms in total. The first-order valence-corrected chi connectivity index (χ1v) is 8.22. The Hall–Kier alpha value is -2.43. The Morgan fingerprint density at radius 1 is 1.04 bits per heavy atom. The molecular formula is C18H10ClNO2S. The lowest BCUT2D eigenvalue weighted by Gasteiger charge is -1.98. The zero-order chi connectivity index (χ0) is 15.8. The highest BCUT2D eigenvalue weighted by Gasteiger charge is 2.13. The molecular weight excluding hydrogens is 330 g/mol. The van der Waals surface area contributed by atoms with Gasteiger partial charge in [0, 0.05) is 32.1 Å². The van der Waals surface area contributed by atoms with E-state index in [-0.39, 0.29) is 5.43 Å². The van der Waals surface area contributed by atoms with Crippen LogP contribution >= 0.6 is 22.9 Å². The van der Waals surface area contributed by atoms with Gasteiger partial charge in [-0.3, -0.25) is 4.79 Å². The Balaban J connectivity index is 1.82. The van der Waals surface area contributed by atoms with Crippen molar-refractivity contribution in [3.8, 4) is 22.6 Å². The smallest absolute Gasteiger partial charge is 0.199 e. The number of halogens is 1. The van der Waals surface area contributed by atoms with Crippen LogP contribution in [0.5, 0.6) is 0 Å². The molecule has 112 valence electrons. The lowest BCUT2D eigenvalue weighted by molar-refractivity contribution is 0.435. The SMILES string of the molecule is O=c1c(-c2cc(-c3ccc(Cl)cc3)no2)csc2ccccc12. The minimum atomic E-state index is -0.0434. The Morgan fingerprint density at radius 3 is 2.65 bits per heavy atom. The molecule has 0 saturated heterocycles. The van der Waals surface area contributed by atoms with Gasteiger partial charge in [0.25, 0.3) is 0 Å². The molecule has 23 heavy (non-hydrogen) atoms. The van der Waals surface area contributed by atoms with E-state index >= 15 is 0 Å². The minimum absolute atomic E-state index is 0.0434. The van der Waals surface area contributed by atoms with E-state index in [2.05, 4.69) is 5.16 Å². The standard InChI is InChI=1S/C18H10ClNO2S/c19-12-7-5-11(6-8-12)15-9-16(22-20-15)14-10-23-17-4-2-1-3-13(17)18(14)21/h1-10H. The number of hydrogen-bond donors (Lipinski definition) is 0. The molecule has 0 bridgehead atoms. The maximum absolute atomic E-state index is 12.6. The highest BCUT2D eigenvalue weighted by molar-refractivity contribution is 7.16. The van der Waals surface area contributed by atoms with Crippen LogP contribution in [0.3, 0.4) is 0 Å². The van der Waals surface area contributed by atoms with Gasteiger partial charge in [0.05, 0.1) is 5.56 Å². The molecule has 4 aromatic rings. The van der Waals surface area contributed by atoms with Crippen LogP contribution in [0.2, 0.25) is 5.02 Å². The van der Waals surface area contributed by atoms with Crippen molar-refractivity contribution in [1.29, 1.82) is 0 Å². The summed E-state index contributed by atoms with van der Waals surface area (Å²) in [4.78, 5) is 12.6. The van der Waals surface area contributed by atoms with Gasteiger partial charge in [0.1, 0.15) is 5.69 Å². The van der Waals surface area contributed by atoms with Gasteiger partial charge in [-0.2, -0.15) is 0 Å². The van der Waals surface area contributed by atoms with Gasteiger partial charge >= 0.3 is 0 Å². The molecule has 2 aromatic carbocycles. The summed E-state index contributed by atoms with van der Waals surface area (Å²) in [6, 6.07) is 16.6. The third-order valence-corrected chi connectivity index (χ3v) is 4.81. The maximum atomic E-state index is 12.6. The van der Waals surface area contributed by atoms with Gasteiger partial charge in [-0.1, -0.05) is 41.0 Å². The number of aromatic nitrogens is 1. The van der Waals surface area contributed by atoms with Crippen LogP contribution in [-0.2, 0) is 0 Å². The van der Waals surface area contributed by atoms with Crippen molar-refractivity contribution in [2.75, 3.05) is 0 Å². The van der Waals surface area contributed by atoms with Crippen LogP contribution in [0.4, 0.5) is 0 Å².